The van der Waals surface area contributed by atoms with E-state index in [9.17, 15) is 23.3 Å². The molecule has 0 radical (unpaired) electrons. The van der Waals surface area contributed by atoms with Crippen LogP contribution in [0.25, 0.3) is 0 Å². The van der Waals surface area contributed by atoms with Crippen LogP contribution in [0.5, 0.6) is 5.75 Å². The number of nitrogens with one attached hydrogen (secondary N) is 2. The first-order valence-electron chi connectivity index (χ1n) is 8.03. The number of sulfone groups is 1. The fourth-order valence-corrected chi connectivity index (χ4v) is 4.13. The lowest BCUT2D eigenvalue weighted by molar-refractivity contribution is -0.389. The highest BCUT2D eigenvalue weighted by Gasteiger charge is 2.26. The van der Waals surface area contributed by atoms with Gasteiger partial charge in [-0.15, -0.1) is 5.10 Å². The van der Waals surface area contributed by atoms with E-state index < -0.39 is 37.2 Å². The van der Waals surface area contributed by atoms with Crippen molar-refractivity contribution in [1.29, 1.82) is 0 Å². The van der Waals surface area contributed by atoms with E-state index in [1.807, 2.05) is 0 Å². The summed E-state index contributed by atoms with van der Waals surface area (Å²) in [5.41, 5.74) is -0.373. The van der Waals surface area contributed by atoms with Gasteiger partial charge >= 0.3 is 5.82 Å². The van der Waals surface area contributed by atoms with Gasteiger partial charge in [0.2, 0.25) is 9.84 Å². The molecule has 2 N–H and O–H groups in total. The summed E-state index contributed by atoms with van der Waals surface area (Å²) in [7, 11) is -2.63. The van der Waals surface area contributed by atoms with Gasteiger partial charge in [0.25, 0.3) is 5.91 Å². The number of carbonyl (C=O) groups excluding carboxylic acids is 1. The molecule has 0 bridgehead atoms. The Balaban J connectivity index is 1.98. The fraction of sp³-hybridized carbons (Fsp3) is 0.0588. The normalized spacial score (nSPS) is 11.2. The topological polar surface area (TPSA) is 144 Å². The van der Waals surface area contributed by atoms with Gasteiger partial charge in [0, 0.05) is 16.8 Å². The second kappa shape index (κ2) is 8.30. The number of H-pyrrole nitrogens is 1. The summed E-state index contributed by atoms with van der Waals surface area (Å²) < 4.78 is 31.0. The quantitative estimate of drug-likeness (QED) is 0.412. The molecule has 13 heteroatoms. The summed E-state index contributed by atoms with van der Waals surface area (Å²) >= 11 is 11.6. The minimum absolute atomic E-state index is 0.0107. The molecule has 0 aliphatic carbocycles. The van der Waals surface area contributed by atoms with Crippen LogP contribution in [0.4, 0.5) is 11.5 Å². The second-order valence-electron chi connectivity index (χ2n) is 5.80. The van der Waals surface area contributed by atoms with Gasteiger partial charge in [-0.05, 0) is 41.3 Å². The molecular formula is C17H12Cl2N4O6S. The third kappa shape index (κ3) is 4.22. The maximum Gasteiger partial charge on any atom is 0.362 e. The Kier molecular flexibility index (Phi) is 5.97. The SMILES string of the molecule is COc1cc(NC(=O)c2n[nH]c([N+](=O)[O-])c2Cl)cc(S(=O)(=O)c2ccc(Cl)cc2)c1. The molecule has 1 heterocycles. The van der Waals surface area contributed by atoms with Crippen molar-refractivity contribution >= 4 is 50.5 Å². The maximum atomic E-state index is 12.9. The Morgan fingerprint density at radius 2 is 1.83 bits per heavy atom. The molecule has 0 fully saturated rings. The summed E-state index contributed by atoms with van der Waals surface area (Å²) in [6.45, 7) is 0. The molecule has 1 amide bonds. The molecular weight excluding hydrogens is 459 g/mol. The number of carbonyl (C=O) groups is 1. The first kappa shape index (κ1) is 21.6. The number of rotatable bonds is 6. The number of hydrogen-bond acceptors (Lipinski definition) is 7. The van der Waals surface area contributed by atoms with Crippen molar-refractivity contribution in [2.45, 2.75) is 9.79 Å². The van der Waals surface area contributed by atoms with Crippen molar-refractivity contribution in [2.24, 2.45) is 0 Å². The first-order valence-corrected chi connectivity index (χ1v) is 10.3. The van der Waals surface area contributed by atoms with Crippen LogP contribution in [-0.2, 0) is 9.84 Å². The van der Waals surface area contributed by atoms with Crippen molar-refractivity contribution in [3.8, 4) is 5.75 Å². The number of nitro groups is 1. The molecule has 2 aromatic carbocycles. The van der Waals surface area contributed by atoms with E-state index in [2.05, 4.69) is 15.5 Å². The van der Waals surface area contributed by atoms with Gasteiger partial charge in [-0.3, -0.25) is 4.79 Å². The number of aromatic nitrogens is 2. The van der Waals surface area contributed by atoms with Crippen molar-refractivity contribution < 1.29 is 22.9 Å². The third-order valence-electron chi connectivity index (χ3n) is 3.89. The Morgan fingerprint density at radius 1 is 1.17 bits per heavy atom. The predicted octanol–water partition coefficient (Wildman–Crippen LogP) is 3.72. The van der Waals surface area contributed by atoms with Crippen molar-refractivity contribution in [3.05, 3.63) is 68.3 Å². The lowest BCUT2D eigenvalue weighted by Crippen LogP contribution is -2.14. The van der Waals surface area contributed by atoms with Gasteiger partial charge in [0.1, 0.15) is 5.75 Å². The standard InChI is InChI=1S/C17H12Cl2N4O6S/c1-29-11-6-10(20-17(24)15-14(19)16(22-21-15)23(25)26)7-13(8-11)30(27,28)12-4-2-9(18)3-5-12/h2-8H,1H3,(H,20,24)(H,21,22). The summed E-state index contributed by atoms with van der Waals surface area (Å²) in [6, 6.07) is 9.42. The number of amides is 1. The number of methoxy groups -OCH3 is 1. The minimum atomic E-state index is -3.95. The van der Waals surface area contributed by atoms with Crippen LogP contribution in [0.1, 0.15) is 10.5 Å². The molecule has 1 aromatic heterocycles. The second-order valence-corrected chi connectivity index (χ2v) is 8.56. The summed E-state index contributed by atoms with van der Waals surface area (Å²) in [6.07, 6.45) is 0. The average molecular weight is 471 g/mol. The van der Waals surface area contributed by atoms with Crippen LogP contribution in [0.2, 0.25) is 10.0 Å². The maximum absolute atomic E-state index is 12.9. The van der Waals surface area contributed by atoms with Crippen LogP contribution >= 0.6 is 23.2 Å². The molecule has 0 aliphatic rings. The Bertz CT molecular complexity index is 1240. The highest BCUT2D eigenvalue weighted by atomic mass is 35.5. The Labute approximate surface area is 179 Å². The van der Waals surface area contributed by atoms with E-state index in [4.69, 9.17) is 27.9 Å². The number of benzene rings is 2. The van der Waals surface area contributed by atoms with Crippen LogP contribution in [0, 0.1) is 10.1 Å². The summed E-state index contributed by atoms with van der Waals surface area (Å²) in [4.78, 5) is 22.3. The molecule has 0 aliphatic heterocycles. The summed E-state index contributed by atoms with van der Waals surface area (Å²) in [5.74, 6) is -1.37. The molecule has 156 valence electrons. The summed E-state index contributed by atoms with van der Waals surface area (Å²) in [5, 5.41) is 18.7. The van der Waals surface area contributed by atoms with Crippen LogP contribution in [-0.4, -0.2) is 36.6 Å². The zero-order valence-corrected chi connectivity index (χ0v) is 17.4. The highest BCUT2D eigenvalue weighted by Crippen LogP contribution is 2.30. The molecule has 0 saturated carbocycles. The van der Waals surface area contributed by atoms with E-state index in [1.54, 1.807) is 0 Å². The van der Waals surface area contributed by atoms with Crippen molar-refractivity contribution in [2.75, 3.05) is 12.4 Å². The van der Waals surface area contributed by atoms with E-state index in [0.29, 0.717) is 5.02 Å². The molecule has 0 atom stereocenters. The fourth-order valence-electron chi connectivity index (χ4n) is 2.45. The van der Waals surface area contributed by atoms with Gasteiger partial charge in [0.05, 0.1) is 16.9 Å². The molecule has 3 rings (SSSR count). The van der Waals surface area contributed by atoms with E-state index >= 15 is 0 Å². The smallest absolute Gasteiger partial charge is 0.362 e. The molecule has 0 saturated heterocycles. The van der Waals surface area contributed by atoms with Gasteiger partial charge < -0.3 is 20.2 Å². The number of aromatic amines is 1. The molecule has 0 unspecified atom stereocenters. The van der Waals surface area contributed by atoms with E-state index in [0.717, 1.165) is 0 Å². The van der Waals surface area contributed by atoms with Gasteiger partial charge in [-0.25, -0.2) is 8.42 Å². The van der Waals surface area contributed by atoms with Crippen molar-refractivity contribution in [1.82, 2.24) is 10.2 Å². The molecule has 30 heavy (non-hydrogen) atoms. The van der Waals surface area contributed by atoms with Crippen LogP contribution < -0.4 is 10.1 Å². The van der Waals surface area contributed by atoms with Crippen LogP contribution in [0.3, 0.4) is 0 Å². The zero-order valence-electron chi connectivity index (χ0n) is 15.0. The van der Waals surface area contributed by atoms with E-state index in [-0.39, 0.29) is 21.2 Å². The first-order chi connectivity index (χ1) is 14.1. The van der Waals surface area contributed by atoms with E-state index in [1.165, 1.54) is 49.6 Å². The molecule has 0 spiro atoms. The lowest BCUT2D eigenvalue weighted by atomic mass is 10.3. The number of nitrogens with zero attached hydrogens (tertiary/aromatic N) is 2. The third-order valence-corrected chi connectivity index (χ3v) is 6.25. The molecule has 3 aromatic rings. The van der Waals surface area contributed by atoms with Gasteiger partial charge in [0.15, 0.2) is 10.7 Å². The lowest BCUT2D eigenvalue weighted by Gasteiger charge is -2.11. The van der Waals surface area contributed by atoms with Crippen LogP contribution in [0.15, 0.2) is 52.3 Å². The van der Waals surface area contributed by atoms with Gasteiger partial charge in [-0.2, -0.15) is 0 Å². The number of hydrogen-bond donors (Lipinski definition) is 2. The Morgan fingerprint density at radius 3 is 2.40 bits per heavy atom. The highest BCUT2D eigenvalue weighted by molar-refractivity contribution is 7.91. The predicted molar refractivity (Wildman–Crippen MR) is 108 cm³/mol. The van der Waals surface area contributed by atoms with Gasteiger partial charge in [-0.1, -0.05) is 28.3 Å². The number of halogens is 2. The largest absolute Gasteiger partial charge is 0.497 e. The van der Waals surface area contributed by atoms with Crippen molar-refractivity contribution in [3.63, 3.8) is 0 Å². The number of ether oxygens (including phenoxy) is 1. The molecule has 10 nitrogen and oxygen atoms in total. The monoisotopic (exact) mass is 470 g/mol. The zero-order chi connectivity index (χ0) is 22.1. The number of anilines is 1. The minimum Gasteiger partial charge on any atom is -0.497 e. The average Bonchev–Trinajstić information content (AvgIpc) is 3.09. The Hall–Kier alpha value is -3.15.